The summed E-state index contributed by atoms with van der Waals surface area (Å²) in [7, 11) is 0. The summed E-state index contributed by atoms with van der Waals surface area (Å²) < 4.78 is 5.96. The van der Waals surface area contributed by atoms with Crippen LogP contribution >= 0.6 is 0 Å². The summed E-state index contributed by atoms with van der Waals surface area (Å²) in [6.45, 7) is 5.28. The van der Waals surface area contributed by atoms with Crippen LogP contribution in [0, 0.1) is 0 Å². The number of aliphatic imine (C=N–C) groups is 1. The van der Waals surface area contributed by atoms with Crippen LogP contribution in [-0.2, 0) is 14.3 Å². The molecule has 1 atom stereocenters. The molecule has 7 nitrogen and oxygen atoms in total. The van der Waals surface area contributed by atoms with Crippen LogP contribution < -0.4 is 0 Å². The number of aliphatic carboxylic acids is 2. The van der Waals surface area contributed by atoms with E-state index in [4.69, 9.17) is 9.84 Å². The topological polar surface area (TPSA) is 96.2 Å². The third-order valence-corrected chi connectivity index (χ3v) is 6.63. The molecule has 0 aromatic heterocycles. The van der Waals surface area contributed by atoms with Crippen LogP contribution in [0.15, 0.2) is 29.3 Å². The molecule has 1 aliphatic rings. The van der Waals surface area contributed by atoms with Crippen molar-refractivity contribution in [2.24, 2.45) is 4.99 Å². The van der Waals surface area contributed by atoms with Crippen molar-refractivity contribution in [2.75, 3.05) is 39.4 Å². The van der Waals surface area contributed by atoms with Crippen molar-refractivity contribution in [1.29, 1.82) is 0 Å². The summed E-state index contributed by atoms with van der Waals surface area (Å²) in [6.07, 6.45) is 24.2. The van der Waals surface area contributed by atoms with E-state index >= 15 is 0 Å². The maximum absolute atomic E-state index is 11.2. The van der Waals surface area contributed by atoms with Gasteiger partial charge in [0.05, 0.1) is 39.1 Å². The average Bonchev–Trinajstić information content (AvgIpc) is 3.22. The van der Waals surface area contributed by atoms with Gasteiger partial charge in [-0.25, -0.2) is 4.99 Å². The highest BCUT2D eigenvalue weighted by Gasteiger charge is 2.36. The van der Waals surface area contributed by atoms with Crippen LogP contribution in [0.4, 0.5) is 0 Å². The predicted octanol–water partition coefficient (Wildman–Crippen LogP) is 5.99. The van der Waals surface area contributed by atoms with Crippen LogP contribution in [0.1, 0.15) is 96.8 Å². The summed E-state index contributed by atoms with van der Waals surface area (Å²) in [6, 6.07) is 0. The first-order valence-corrected chi connectivity index (χ1v) is 13.8. The van der Waals surface area contributed by atoms with E-state index in [9.17, 15) is 14.7 Å². The number of quaternary nitrogens is 1. The molecule has 0 aromatic rings. The lowest BCUT2D eigenvalue weighted by Crippen LogP contribution is -2.53. The Morgan fingerprint density at radius 2 is 1.49 bits per heavy atom. The quantitative estimate of drug-likeness (QED) is 0.103. The van der Waals surface area contributed by atoms with Gasteiger partial charge in [0.25, 0.3) is 0 Å². The van der Waals surface area contributed by atoms with Crippen LogP contribution in [0.25, 0.3) is 0 Å². The molecule has 0 amide bonds. The zero-order chi connectivity index (χ0) is 25.6. The lowest BCUT2D eigenvalue weighted by atomic mass is 10.1. The second kappa shape index (κ2) is 20.2. The molecule has 0 aromatic carbocycles. The minimum atomic E-state index is -0.883. The van der Waals surface area contributed by atoms with E-state index < -0.39 is 11.9 Å². The largest absolute Gasteiger partial charge is 0.481 e. The SMILES string of the molecule is CCCCCCCCCCCCC/C=C/C=C/C1=NCC[N+]1(CCOCCC(=O)O)CCC(=O)O. The van der Waals surface area contributed by atoms with Gasteiger partial charge < -0.3 is 14.9 Å². The second-order valence-electron chi connectivity index (χ2n) is 9.57. The monoisotopic (exact) mass is 493 g/mol. The first kappa shape index (κ1) is 31.0. The Bertz CT molecular complexity index is 674. The van der Waals surface area contributed by atoms with Crippen molar-refractivity contribution in [3.63, 3.8) is 0 Å². The van der Waals surface area contributed by atoms with E-state index in [1.807, 2.05) is 12.2 Å². The van der Waals surface area contributed by atoms with Crippen LogP contribution in [-0.4, -0.2) is 71.9 Å². The number of ether oxygens (including phenoxy) is 1. The summed E-state index contributed by atoms with van der Waals surface area (Å²) >= 11 is 0. The van der Waals surface area contributed by atoms with Crippen molar-refractivity contribution < 1.29 is 29.0 Å². The molecule has 200 valence electrons. The summed E-state index contributed by atoms with van der Waals surface area (Å²) in [4.78, 5) is 26.5. The third kappa shape index (κ3) is 15.6. The van der Waals surface area contributed by atoms with Crippen LogP contribution in [0.5, 0.6) is 0 Å². The first-order chi connectivity index (χ1) is 17.0. The van der Waals surface area contributed by atoms with E-state index in [0.29, 0.717) is 30.7 Å². The highest BCUT2D eigenvalue weighted by molar-refractivity contribution is 5.88. The van der Waals surface area contributed by atoms with Crippen molar-refractivity contribution in [1.82, 2.24) is 0 Å². The van der Waals surface area contributed by atoms with Crippen molar-refractivity contribution >= 4 is 17.8 Å². The fourth-order valence-corrected chi connectivity index (χ4v) is 4.45. The van der Waals surface area contributed by atoms with Crippen LogP contribution in [0.3, 0.4) is 0 Å². The highest BCUT2D eigenvalue weighted by Crippen LogP contribution is 2.18. The van der Waals surface area contributed by atoms with Gasteiger partial charge in [-0.2, -0.15) is 0 Å². The summed E-state index contributed by atoms with van der Waals surface area (Å²) in [5.74, 6) is -0.824. The Morgan fingerprint density at radius 1 is 0.857 bits per heavy atom. The molecule has 0 radical (unpaired) electrons. The fraction of sp³-hybridized carbons (Fsp3) is 0.750. The minimum absolute atomic E-state index is 0.0279. The maximum Gasteiger partial charge on any atom is 0.309 e. The van der Waals surface area contributed by atoms with Gasteiger partial charge >= 0.3 is 11.9 Å². The second-order valence-corrected chi connectivity index (χ2v) is 9.57. The molecule has 1 aliphatic heterocycles. The lowest BCUT2D eigenvalue weighted by Gasteiger charge is -2.33. The molecule has 35 heavy (non-hydrogen) atoms. The van der Waals surface area contributed by atoms with E-state index in [2.05, 4.69) is 24.1 Å². The maximum atomic E-state index is 11.2. The lowest BCUT2D eigenvalue weighted by molar-refractivity contribution is -0.834. The number of unbranched alkanes of at least 4 members (excludes halogenated alkanes) is 11. The van der Waals surface area contributed by atoms with E-state index in [-0.39, 0.29) is 19.4 Å². The molecule has 0 fully saturated rings. The number of carboxylic acid groups (broad SMARTS) is 2. The van der Waals surface area contributed by atoms with Gasteiger partial charge in [-0.15, -0.1) is 0 Å². The van der Waals surface area contributed by atoms with Gasteiger partial charge in [-0.05, 0) is 12.8 Å². The summed E-state index contributed by atoms with van der Waals surface area (Å²) in [5, 5.41) is 17.9. The number of amidine groups is 1. The fourth-order valence-electron chi connectivity index (χ4n) is 4.45. The Morgan fingerprint density at radius 3 is 2.11 bits per heavy atom. The molecule has 0 saturated heterocycles. The normalized spacial score (nSPS) is 18.0. The van der Waals surface area contributed by atoms with E-state index in [1.54, 1.807) is 0 Å². The van der Waals surface area contributed by atoms with Gasteiger partial charge in [0.2, 0.25) is 5.84 Å². The minimum Gasteiger partial charge on any atom is -0.481 e. The Labute approximate surface area is 212 Å². The van der Waals surface area contributed by atoms with Crippen molar-refractivity contribution in [2.45, 2.75) is 96.8 Å². The number of carboxylic acids is 2. The molecular weight excluding hydrogens is 444 g/mol. The van der Waals surface area contributed by atoms with Gasteiger partial charge in [-0.3, -0.25) is 14.1 Å². The number of nitrogens with zero attached hydrogens (tertiary/aromatic N) is 2. The molecule has 1 heterocycles. The standard InChI is InChI=1S/C28H48N2O5/c1-2-3-4-5-6-7-8-9-10-11-12-13-14-15-16-17-26-29-20-22-30(26,21-18-27(31)32)23-25-35-24-19-28(33)34/h14-17H,2-13,18-25H2,1H3,(H-,31,32,33,34)/p+1/b15-14+,17-16+. The number of allylic oxidation sites excluding steroid dienone is 3. The molecular formula is C28H49N2O5+. The molecule has 1 rings (SSSR count). The third-order valence-electron chi connectivity index (χ3n) is 6.63. The molecule has 0 bridgehead atoms. The van der Waals surface area contributed by atoms with Crippen LogP contribution in [0.2, 0.25) is 0 Å². The number of hydrogen-bond acceptors (Lipinski definition) is 4. The molecule has 0 spiro atoms. The first-order valence-electron chi connectivity index (χ1n) is 13.8. The predicted molar refractivity (Wildman–Crippen MR) is 142 cm³/mol. The number of carbonyl (C=O) groups is 2. The Hall–Kier alpha value is -1.99. The zero-order valence-electron chi connectivity index (χ0n) is 22.0. The van der Waals surface area contributed by atoms with Crippen molar-refractivity contribution in [3.05, 3.63) is 24.3 Å². The number of rotatable bonds is 23. The molecule has 0 saturated carbocycles. The van der Waals surface area contributed by atoms with Gasteiger partial charge in [0.1, 0.15) is 13.1 Å². The van der Waals surface area contributed by atoms with E-state index in [1.165, 1.54) is 70.6 Å². The number of hydrogen-bond donors (Lipinski definition) is 2. The Kier molecular flexibility index (Phi) is 17.9. The molecule has 7 heteroatoms. The summed E-state index contributed by atoms with van der Waals surface area (Å²) in [5.41, 5.74) is 0. The molecule has 0 aliphatic carbocycles. The average molecular weight is 494 g/mol. The van der Waals surface area contributed by atoms with Gasteiger partial charge in [0.15, 0.2) is 0 Å². The smallest absolute Gasteiger partial charge is 0.309 e. The molecule has 2 N–H and O–H groups in total. The van der Waals surface area contributed by atoms with Gasteiger partial charge in [-0.1, -0.05) is 89.4 Å². The van der Waals surface area contributed by atoms with E-state index in [0.717, 1.165) is 18.8 Å². The van der Waals surface area contributed by atoms with Gasteiger partial charge in [0, 0.05) is 6.08 Å². The van der Waals surface area contributed by atoms with Crippen molar-refractivity contribution in [3.8, 4) is 0 Å². The Balaban J connectivity index is 2.29. The molecule has 1 unspecified atom stereocenters. The highest BCUT2D eigenvalue weighted by atomic mass is 16.5. The zero-order valence-corrected chi connectivity index (χ0v) is 22.0.